The van der Waals surface area contributed by atoms with Crippen molar-refractivity contribution in [1.82, 2.24) is 10.0 Å². The van der Waals surface area contributed by atoms with Gasteiger partial charge < -0.3 is 9.87 Å². The molecular formula is C24H26F3IN2O6S2. The van der Waals surface area contributed by atoms with Crippen LogP contribution in [0.1, 0.15) is 37.7 Å². The van der Waals surface area contributed by atoms with E-state index >= 15 is 0 Å². The molecule has 2 amide bonds. The Morgan fingerprint density at radius 2 is 1.55 bits per heavy atom. The van der Waals surface area contributed by atoms with E-state index in [9.17, 15) is 26.4 Å². The maximum Gasteiger partial charge on any atom is 0.485 e. The molecule has 0 bridgehead atoms. The van der Waals surface area contributed by atoms with Crippen LogP contribution in [0.15, 0.2) is 59.5 Å². The number of aryl methyl sites for hydroxylation is 1. The Kier molecular flexibility index (Phi) is 11.9. The predicted octanol–water partition coefficient (Wildman–Crippen LogP) is 0.903. The molecule has 0 aliphatic heterocycles. The highest BCUT2D eigenvalue weighted by atomic mass is 127. The number of halogens is 4. The lowest BCUT2D eigenvalue weighted by molar-refractivity contribution is -0.535. The third-order valence-corrected chi connectivity index (χ3v) is 9.19. The first-order chi connectivity index (χ1) is 17.7. The van der Waals surface area contributed by atoms with Crippen molar-refractivity contribution in [3.05, 3.63) is 63.7 Å². The zero-order valence-electron chi connectivity index (χ0n) is 20.2. The predicted molar refractivity (Wildman–Crippen MR) is 129 cm³/mol. The third-order valence-electron chi connectivity index (χ3n) is 5.35. The number of alkyl halides is 3. The lowest BCUT2D eigenvalue weighted by Crippen LogP contribution is -3.59. The van der Waals surface area contributed by atoms with Crippen LogP contribution in [0.4, 0.5) is 18.0 Å². The molecule has 0 heterocycles. The Morgan fingerprint density at radius 3 is 2.08 bits per heavy atom. The van der Waals surface area contributed by atoms with Crippen LogP contribution >= 0.6 is 0 Å². The van der Waals surface area contributed by atoms with E-state index in [0.717, 1.165) is 31.2 Å². The molecule has 1 fully saturated rings. The van der Waals surface area contributed by atoms with Gasteiger partial charge in [0, 0.05) is 0 Å². The van der Waals surface area contributed by atoms with E-state index in [1.165, 1.54) is 22.1 Å². The first kappa shape index (κ1) is 31.9. The Bertz CT molecular complexity index is 1340. The van der Waals surface area contributed by atoms with Crippen molar-refractivity contribution in [3.8, 4) is 9.85 Å². The fourth-order valence-electron chi connectivity index (χ4n) is 3.43. The van der Waals surface area contributed by atoms with Crippen molar-refractivity contribution in [2.45, 2.75) is 55.5 Å². The van der Waals surface area contributed by atoms with Crippen molar-refractivity contribution in [3.63, 3.8) is 0 Å². The van der Waals surface area contributed by atoms with Crippen LogP contribution < -0.4 is 31.2 Å². The second-order valence-corrected chi connectivity index (χ2v) is 13.7. The second-order valence-electron chi connectivity index (χ2n) is 8.30. The van der Waals surface area contributed by atoms with Gasteiger partial charge in [-0.25, -0.2) is 26.4 Å². The molecule has 1 aliphatic rings. The van der Waals surface area contributed by atoms with Gasteiger partial charge in [-0.15, -0.1) is 0 Å². The Morgan fingerprint density at radius 1 is 1.00 bits per heavy atom. The topological polar surface area (TPSA) is 132 Å². The number of hydrogen-bond donors (Lipinski definition) is 2. The molecule has 2 aromatic rings. The van der Waals surface area contributed by atoms with E-state index in [-0.39, 0.29) is 16.9 Å². The summed E-state index contributed by atoms with van der Waals surface area (Å²) >= 11 is -0.474. The molecule has 208 valence electrons. The maximum absolute atomic E-state index is 12.5. The molecule has 1 unspecified atom stereocenters. The minimum absolute atomic E-state index is 0.0681. The molecule has 1 saturated carbocycles. The normalized spacial score (nSPS) is 15.2. The lowest BCUT2D eigenvalue weighted by atomic mass is 9.84. The standard InChI is InChI=1S/C23H25IN2O3S.CHF3O3S/c1-18-12-14-21(15-13-18)30(28,29)26-23(27)25-22(19-8-4-2-5-9-19)16-17-24-20-10-6-3-7-11-20;2-1(3,4)8(5,6)7/h3,6-7,10-15,19,22H,2,4-5,8-9H2,1H3,(H-,25,26,27);(H,5,6,7). The van der Waals surface area contributed by atoms with Crippen LogP contribution in [0, 0.1) is 26.3 Å². The van der Waals surface area contributed by atoms with Crippen LogP contribution in [0.25, 0.3) is 0 Å². The van der Waals surface area contributed by atoms with E-state index in [1.807, 2.05) is 25.1 Å². The minimum Gasteiger partial charge on any atom is -0.741 e. The van der Waals surface area contributed by atoms with E-state index < -0.39 is 52.9 Å². The molecular weight excluding hydrogens is 660 g/mol. The molecule has 3 rings (SSSR count). The summed E-state index contributed by atoms with van der Waals surface area (Å²) in [6, 6.07) is 15.4. The van der Waals surface area contributed by atoms with Gasteiger partial charge in [-0.2, -0.15) is 13.2 Å². The van der Waals surface area contributed by atoms with Gasteiger partial charge in [0.2, 0.25) is 3.57 Å². The number of urea groups is 1. The van der Waals surface area contributed by atoms with Crippen LogP contribution in [-0.2, 0) is 20.1 Å². The lowest BCUT2D eigenvalue weighted by Gasteiger charge is -2.27. The Labute approximate surface area is 230 Å². The summed E-state index contributed by atoms with van der Waals surface area (Å²) in [6.07, 6.45) is 5.41. The average Bonchev–Trinajstić information content (AvgIpc) is 2.84. The zero-order chi connectivity index (χ0) is 28.4. The van der Waals surface area contributed by atoms with Gasteiger partial charge in [-0.05, 0) is 55.9 Å². The summed E-state index contributed by atoms with van der Waals surface area (Å²) in [4.78, 5) is 12.6. The quantitative estimate of drug-likeness (QED) is 0.208. The van der Waals surface area contributed by atoms with Crippen molar-refractivity contribution in [1.29, 1.82) is 0 Å². The minimum atomic E-state index is -6.09. The monoisotopic (exact) mass is 686 g/mol. The van der Waals surface area contributed by atoms with Crippen LogP contribution in [0.2, 0.25) is 0 Å². The van der Waals surface area contributed by atoms with Crippen molar-refractivity contribution in [2.24, 2.45) is 5.92 Å². The number of hydrogen-bond acceptors (Lipinski definition) is 6. The molecule has 0 saturated heterocycles. The number of sulfonamides is 1. The summed E-state index contributed by atoms with van der Waals surface area (Å²) in [5, 5.41) is 2.83. The molecule has 1 atom stereocenters. The van der Waals surface area contributed by atoms with Crippen LogP contribution in [-0.4, -0.2) is 39.0 Å². The molecule has 1 aliphatic carbocycles. The first-order valence-corrected chi connectivity index (χ1v) is 16.4. The number of rotatable bonds is 5. The maximum atomic E-state index is 12.5. The van der Waals surface area contributed by atoms with Gasteiger partial charge in [0.15, 0.2) is 14.0 Å². The summed E-state index contributed by atoms with van der Waals surface area (Å²) in [5.41, 5.74) is -4.69. The third kappa shape index (κ3) is 10.8. The number of amides is 2. The molecule has 2 aromatic carbocycles. The van der Waals surface area contributed by atoms with Gasteiger partial charge in [0.1, 0.15) is 0 Å². The van der Waals surface area contributed by atoms with Crippen molar-refractivity contribution >= 4 is 26.2 Å². The molecule has 14 heteroatoms. The molecule has 2 N–H and O–H groups in total. The van der Waals surface area contributed by atoms with Gasteiger partial charge >= 0.3 is 32.7 Å². The average molecular weight is 687 g/mol. The molecule has 38 heavy (non-hydrogen) atoms. The fraction of sp³-hybridized carbons (Fsp3) is 0.375. The SMILES string of the molecule is Cc1ccc(S(=O)(=O)NC(=O)NC(C#C[I+]c2ccccc2)C2CCCCC2)cc1.O=S(=O)([O-])C(F)(F)F. The zero-order valence-corrected chi connectivity index (χ0v) is 24.0. The number of benzene rings is 2. The van der Waals surface area contributed by atoms with Gasteiger partial charge in [0.25, 0.3) is 10.0 Å². The van der Waals surface area contributed by atoms with E-state index in [2.05, 4.69) is 32.0 Å². The Balaban J connectivity index is 0.000000550. The number of carbonyl (C=O) groups is 1. The Hall–Kier alpha value is -2.35. The van der Waals surface area contributed by atoms with Crippen LogP contribution in [0.3, 0.4) is 0 Å². The smallest absolute Gasteiger partial charge is 0.485 e. The van der Waals surface area contributed by atoms with E-state index in [4.69, 9.17) is 13.0 Å². The highest BCUT2D eigenvalue weighted by Gasteiger charge is 2.37. The van der Waals surface area contributed by atoms with Crippen molar-refractivity contribution < 1.29 is 60.6 Å². The highest BCUT2D eigenvalue weighted by molar-refractivity contribution is 7.90. The molecule has 0 aromatic heterocycles. The molecule has 0 radical (unpaired) electrons. The van der Waals surface area contributed by atoms with E-state index in [1.54, 1.807) is 12.1 Å². The number of carbonyl (C=O) groups excluding carboxylic acids is 1. The van der Waals surface area contributed by atoms with Gasteiger partial charge in [-0.3, -0.25) is 0 Å². The summed E-state index contributed by atoms with van der Waals surface area (Å²) in [6.45, 7) is 1.88. The van der Waals surface area contributed by atoms with Gasteiger partial charge in [-0.1, -0.05) is 55.2 Å². The summed E-state index contributed by atoms with van der Waals surface area (Å²) in [5.74, 6) is 3.48. The second kappa shape index (κ2) is 14.2. The van der Waals surface area contributed by atoms with Crippen LogP contribution in [0.5, 0.6) is 0 Å². The molecule has 8 nitrogen and oxygen atoms in total. The molecule has 0 spiro atoms. The van der Waals surface area contributed by atoms with Crippen molar-refractivity contribution in [2.75, 3.05) is 0 Å². The summed E-state index contributed by atoms with van der Waals surface area (Å²) < 4.78 is 90.5. The summed E-state index contributed by atoms with van der Waals surface area (Å²) in [7, 11) is -10.0. The largest absolute Gasteiger partial charge is 0.741 e. The fourth-order valence-corrected chi connectivity index (χ4v) is 5.92. The first-order valence-electron chi connectivity index (χ1n) is 11.3. The van der Waals surface area contributed by atoms with Gasteiger partial charge in [0.05, 0.1) is 10.9 Å². The van der Waals surface area contributed by atoms with E-state index in [0.29, 0.717) is 0 Å². The highest BCUT2D eigenvalue weighted by Crippen LogP contribution is 2.26. The number of nitrogens with one attached hydrogen (secondary N) is 2.